The number of nitrogens with one attached hydrogen (secondary N) is 1. The molecule has 0 aliphatic carbocycles. The van der Waals surface area contributed by atoms with Crippen LogP contribution in [0.4, 0.5) is 10.5 Å². The van der Waals surface area contributed by atoms with E-state index in [1.54, 1.807) is 46.1 Å². The monoisotopic (exact) mass is 591 g/mol. The zero-order chi connectivity index (χ0) is 31.5. The van der Waals surface area contributed by atoms with Gasteiger partial charge >= 0.3 is 12.1 Å². The molecule has 11 nitrogen and oxygen atoms in total. The maximum atomic E-state index is 14.2. The molecule has 0 bridgehead atoms. The topological polar surface area (TPSA) is 124 Å². The normalized spacial score (nSPS) is 15.5. The highest BCUT2D eigenvalue weighted by Gasteiger charge is 2.37. The average molecular weight is 592 g/mol. The molecule has 3 aromatic carbocycles. The van der Waals surface area contributed by atoms with E-state index in [2.05, 4.69) is 5.32 Å². The Labute approximate surface area is 250 Å². The smallest absolute Gasteiger partial charge is 0.410 e. The predicted octanol–water partition coefficient (Wildman–Crippen LogP) is 4.30. The average Bonchev–Trinajstić information content (AvgIpc) is 3.11. The maximum absolute atomic E-state index is 14.2. The molecule has 0 radical (unpaired) electrons. The van der Waals surface area contributed by atoms with Gasteiger partial charge in [0.05, 0.1) is 26.5 Å². The van der Waals surface area contributed by atoms with Crippen molar-refractivity contribution in [1.29, 1.82) is 0 Å². The summed E-state index contributed by atoms with van der Waals surface area (Å²) in [7, 11) is 4.26. The van der Waals surface area contributed by atoms with E-state index < -0.39 is 41.6 Å². The van der Waals surface area contributed by atoms with E-state index in [-0.39, 0.29) is 24.5 Å². The lowest BCUT2D eigenvalue weighted by atomic mass is 10.0. The third-order valence-electron chi connectivity index (χ3n) is 7.14. The van der Waals surface area contributed by atoms with Crippen molar-refractivity contribution in [2.75, 3.05) is 32.8 Å². The highest BCUT2D eigenvalue weighted by molar-refractivity contribution is 6.05. The lowest BCUT2D eigenvalue weighted by molar-refractivity contribution is -0.130. The summed E-state index contributed by atoms with van der Waals surface area (Å²) >= 11 is 0. The van der Waals surface area contributed by atoms with Gasteiger partial charge in [-0.3, -0.25) is 14.5 Å². The molecule has 228 valence electrons. The molecule has 0 fully saturated rings. The molecule has 4 rings (SSSR count). The molecule has 1 aliphatic heterocycles. The minimum Gasteiger partial charge on any atom is -0.496 e. The van der Waals surface area contributed by atoms with Crippen molar-refractivity contribution in [1.82, 2.24) is 10.2 Å². The zero-order valence-corrected chi connectivity index (χ0v) is 25.4. The van der Waals surface area contributed by atoms with Crippen molar-refractivity contribution in [2.45, 2.75) is 51.9 Å². The molecular formula is C32H37N3O8. The van der Waals surface area contributed by atoms with Crippen LogP contribution in [0.3, 0.4) is 0 Å². The summed E-state index contributed by atoms with van der Waals surface area (Å²) in [5.41, 5.74) is 0.443. The number of ether oxygens (including phenoxy) is 4. The molecule has 0 saturated carbocycles. The molecule has 0 aromatic heterocycles. The Kier molecular flexibility index (Phi) is 9.13. The minimum atomic E-state index is -1.15. The molecule has 1 N–H and O–H groups in total. The number of benzene rings is 3. The SMILES string of the molecule is COC(=O)c1cccc2c1OCC(NC(=O)[C@H](C)N(C)C(=O)OC(C)(C)C)C(=O)N2Cc1c(OC)ccc2ccccc12. The van der Waals surface area contributed by atoms with Crippen LogP contribution >= 0.6 is 0 Å². The van der Waals surface area contributed by atoms with Crippen molar-refractivity contribution in [3.63, 3.8) is 0 Å². The zero-order valence-electron chi connectivity index (χ0n) is 25.4. The quantitative estimate of drug-likeness (QED) is 0.404. The van der Waals surface area contributed by atoms with Crippen molar-refractivity contribution >= 4 is 40.3 Å². The first kappa shape index (κ1) is 31.1. The van der Waals surface area contributed by atoms with Crippen LogP contribution in [-0.2, 0) is 25.6 Å². The Morgan fingerprint density at radius 2 is 1.79 bits per heavy atom. The van der Waals surface area contributed by atoms with E-state index in [9.17, 15) is 19.2 Å². The number of para-hydroxylation sites is 1. The minimum absolute atomic E-state index is 0.0457. The van der Waals surface area contributed by atoms with Crippen molar-refractivity contribution < 1.29 is 38.1 Å². The number of rotatable bonds is 7. The van der Waals surface area contributed by atoms with Crippen molar-refractivity contribution in [2.24, 2.45) is 0 Å². The molecule has 1 unspecified atom stereocenters. The molecule has 0 saturated heterocycles. The van der Waals surface area contributed by atoms with Gasteiger partial charge in [-0.05, 0) is 56.7 Å². The lowest BCUT2D eigenvalue weighted by Crippen LogP contribution is -2.55. The first-order chi connectivity index (χ1) is 20.4. The van der Waals surface area contributed by atoms with Crippen LogP contribution in [0.5, 0.6) is 11.5 Å². The summed E-state index contributed by atoms with van der Waals surface area (Å²) in [5.74, 6) is -0.983. The van der Waals surface area contributed by atoms with E-state index >= 15 is 0 Å². The van der Waals surface area contributed by atoms with Gasteiger partial charge in [0.1, 0.15) is 35.6 Å². The third-order valence-corrected chi connectivity index (χ3v) is 7.14. The number of nitrogens with zero attached hydrogens (tertiary/aromatic N) is 2. The first-order valence-corrected chi connectivity index (χ1v) is 13.8. The molecule has 0 spiro atoms. The Bertz CT molecular complexity index is 1550. The fourth-order valence-corrected chi connectivity index (χ4v) is 4.76. The molecule has 3 amide bonds. The number of likely N-dealkylation sites (N-methyl/N-ethyl adjacent to an activating group) is 1. The van der Waals surface area contributed by atoms with Crippen LogP contribution in [0.15, 0.2) is 54.6 Å². The summed E-state index contributed by atoms with van der Waals surface area (Å²) in [6.45, 7) is 6.49. The van der Waals surface area contributed by atoms with E-state index in [4.69, 9.17) is 18.9 Å². The van der Waals surface area contributed by atoms with Gasteiger partial charge in [0, 0.05) is 12.6 Å². The maximum Gasteiger partial charge on any atom is 0.410 e. The molecule has 1 aliphatic rings. The standard InChI is InChI=1S/C32H37N3O8/c1-19(34(5)31(39)43-32(2,3)4)28(36)33-24-18-42-27-22(30(38)41-7)13-10-14-25(27)35(29(24)37)17-23-21-12-9-8-11-20(21)15-16-26(23)40-6/h8-16,19,24H,17-18H2,1-7H3,(H,33,36)/t19-,24?/m0/s1. The highest BCUT2D eigenvalue weighted by Crippen LogP contribution is 2.38. The van der Waals surface area contributed by atoms with Gasteiger partial charge in [-0.2, -0.15) is 0 Å². The Morgan fingerprint density at radius 3 is 2.47 bits per heavy atom. The second-order valence-electron chi connectivity index (χ2n) is 11.2. The highest BCUT2D eigenvalue weighted by atomic mass is 16.6. The van der Waals surface area contributed by atoms with Crippen LogP contribution in [-0.4, -0.2) is 74.3 Å². The number of carbonyl (C=O) groups excluding carboxylic acids is 4. The molecule has 3 aromatic rings. The van der Waals surface area contributed by atoms with Gasteiger partial charge in [0.25, 0.3) is 5.91 Å². The van der Waals surface area contributed by atoms with Gasteiger partial charge in [0.2, 0.25) is 5.91 Å². The number of anilines is 1. The van der Waals surface area contributed by atoms with E-state index in [0.29, 0.717) is 11.4 Å². The summed E-state index contributed by atoms with van der Waals surface area (Å²) in [5, 5.41) is 4.56. The Balaban J connectivity index is 1.73. The van der Waals surface area contributed by atoms with E-state index in [0.717, 1.165) is 21.2 Å². The fourth-order valence-electron chi connectivity index (χ4n) is 4.76. The summed E-state index contributed by atoms with van der Waals surface area (Å²) in [6.07, 6.45) is -0.682. The van der Waals surface area contributed by atoms with Crippen molar-refractivity contribution in [3.05, 3.63) is 65.7 Å². The number of fused-ring (bicyclic) bond motifs is 2. The Morgan fingerprint density at radius 1 is 1.07 bits per heavy atom. The molecule has 11 heteroatoms. The lowest BCUT2D eigenvalue weighted by Gasteiger charge is -2.30. The van der Waals surface area contributed by atoms with Crippen LogP contribution < -0.4 is 19.7 Å². The number of carbonyl (C=O) groups is 4. The van der Waals surface area contributed by atoms with E-state index in [1.165, 1.54) is 26.0 Å². The predicted molar refractivity (Wildman–Crippen MR) is 160 cm³/mol. The van der Waals surface area contributed by atoms with Gasteiger partial charge < -0.3 is 29.2 Å². The summed E-state index contributed by atoms with van der Waals surface area (Å²) in [4.78, 5) is 55.4. The number of esters is 1. The van der Waals surface area contributed by atoms with Gasteiger partial charge in [-0.15, -0.1) is 0 Å². The summed E-state index contributed by atoms with van der Waals surface area (Å²) < 4.78 is 22.1. The first-order valence-electron chi connectivity index (χ1n) is 13.8. The summed E-state index contributed by atoms with van der Waals surface area (Å²) in [6, 6.07) is 14.2. The van der Waals surface area contributed by atoms with Crippen molar-refractivity contribution in [3.8, 4) is 11.5 Å². The van der Waals surface area contributed by atoms with Gasteiger partial charge in [-0.25, -0.2) is 9.59 Å². The number of amides is 3. The molecular weight excluding hydrogens is 554 g/mol. The molecule has 2 atom stereocenters. The number of hydrogen-bond acceptors (Lipinski definition) is 8. The fraction of sp³-hybridized carbons (Fsp3) is 0.375. The number of hydrogen-bond donors (Lipinski definition) is 1. The van der Waals surface area contributed by atoms with E-state index in [1.807, 2.05) is 36.4 Å². The van der Waals surface area contributed by atoms with Gasteiger partial charge in [0.15, 0.2) is 5.75 Å². The van der Waals surface area contributed by atoms with Crippen LogP contribution in [0.1, 0.15) is 43.6 Å². The molecule has 1 heterocycles. The van der Waals surface area contributed by atoms with Crippen LogP contribution in [0, 0.1) is 0 Å². The second kappa shape index (κ2) is 12.6. The number of methoxy groups -OCH3 is 2. The largest absolute Gasteiger partial charge is 0.496 e. The Hall–Kier alpha value is -4.80. The second-order valence-corrected chi connectivity index (χ2v) is 11.2. The van der Waals surface area contributed by atoms with Crippen LogP contribution in [0.2, 0.25) is 0 Å². The third kappa shape index (κ3) is 6.66. The van der Waals surface area contributed by atoms with Crippen LogP contribution in [0.25, 0.3) is 10.8 Å². The molecule has 43 heavy (non-hydrogen) atoms. The van der Waals surface area contributed by atoms with Gasteiger partial charge in [-0.1, -0.05) is 36.4 Å².